The van der Waals surface area contributed by atoms with Crippen molar-refractivity contribution < 1.29 is 0 Å². The number of hydrogen-bond acceptors (Lipinski definition) is 2. The molecule has 0 saturated carbocycles. The summed E-state index contributed by atoms with van der Waals surface area (Å²) in [5.41, 5.74) is 2.39. The van der Waals surface area contributed by atoms with Gasteiger partial charge in [0.15, 0.2) is 0 Å². The Bertz CT molecular complexity index is 453. The first kappa shape index (κ1) is 11.9. The van der Waals surface area contributed by atoms with E-state index >= 15 is 0 Å². The summed E-state index contributed by atoms with van der Waals surface area (Å²) in [5, 5.41) is 0.532. The third-order valence-corrected chi connectivity index (χ3v) is 2.90. The van der Waals surface area contributed by atoms with Gasteiger partial charge < -0.3 is 4.90 Å². The van der Waals surface area contributed by atoms with Crippen LogP contribution in [0.4, 0.5) is 5.69 Å². The predicted octanol–water partition coefficient (Wildman–Crippen LogP) is 3.76. The average Bonchev–Trinajstić information content (AvgIpc) is 2.38. The molecule has 0 aliphatic rings. The molecule has 17 heavy (non-hydrogen) atoms. The van der Waals surface area contributed by atoms with E-state index in [0.29, 0.717) is 5.15 Å². The minimum atomic E-state index is 0.532. The van der Waals surface area contributed by atoms with Gasteiger partial charge in [-0.1, -0.05) is 41.9 Å². The highest BCUT2D eigenvalue weighted by molar-refractivity contribution is 6.29. The van der Waals surface area contributed by atoms with E-state index in [9.17, 15) is 0 Å². The Kier molecular flexibility index (Phi) is 3.99. The van der Waals surface area contributed by atoms with E-state index in [4.69, 9.17) is 11.6 Å². The van der Waals surface area contributed by atoms with E-state index in [1.54, 1.807) is 0 Å². The van der Waals surface area contributed by atoms with Gasteiger partial charge in [0.2, 0.25) is 0 Å². The number of anilines is 1. The zero-order valence-corrected chi connectivity index (χ0v) is 10.6. The van der Waals surface area contributed by atoms with Crippen LogP contribution in [-0.2, 0) is 6.54 Å². The number of aromatic nitrogens is 1. The van der Waals surface area contributed by atoms with Gasteiger partial charge in [0.05, 0.1) is 11.9 Å². The summed E-state index contributed by atoms with van der Waals surface area (Å²) in [4.78, 5) is 6.38. The molecular weight excluding hydrogens is 232 g/mol. The summed E-state index contributed by atoms with van der Waals surface area (Å²) >= 11 is 5.79. The first-order chi connectivity index (χ1) is 8.29. The lowest BCUT2D eigenvalue weighted by Crippen LogP contribution is -2.21. The molecule has 0 bridgehead atoms. The Labute approximate surface area is 107 Å². The number of benzene rings is 1. The molecule has 0 N–H and O–H groups in total. The molecule has 0 fully saturated rings. The van der Waals surface area contributed by atoms with Crippen LogP contribution in [0.15, 0.2) is 48.7 Å². The van der Waals surface area contributed by atoms with E-state index < -0.39 is 0 Å². The summed E-state index contributed by atoms with van der Waals surface area (Å²) in [7, 11) is 0. The van der Waals surface area contributed by atoms with Crippen LogP contribution in [0.2, 0.25) is 5.15 Å². The van der Waals surface area contributed by atoms with Crippen molar-refractivity contribution in [3.05, 3.63) is 59.4 Å². The maximum atomic E-state index is 5.79. The lowest BCUT2D eigenvalue weighted by Gasteiger charge is -2.22. The van der Waals surface area contributed by atoms with Crippen LogP contribution in [-0.4, -0.2) is 11.5 Å². The van der Waals surface area contributed by atoms with Gasteiger partial charge in [0.25, 0.3) is 0 Å². The molecule has 2 aromatic rings. The summed E-state index contributed by atoms with van der Waals surface area (Å²) in [6.07, 6.45) is 1.81. The average molecular weight is 247 g/mol. The van der Waals surface area contributed by atoms with Crippen LogP contribution >= 0.6 is 11.6 Å². The predicted molar refractivity (Wildman–Crippen MR) is 72.4 cm³/mol. The molecular formula is C14H15ClN2. The molecule has 1 aromatic heterocycles. The molecule has 1 aromatic carbocycles. The molecule has 0 radical (unpaired) electrons. The van der Waals surface area contributed by atoms with Gasteiger partial charge in [-0.3, -0.25) is 0 Å². The van der Waals surface area contributed by atoms with Gasteiger partial charge in [-0.2, -0.15) is 0 Å². The highest BCUT2D eigenvalue weighted by Crippen LogP contribution is 2.17. The van der Waals surface area contributed by atoms with Gasteiger partial charge in [-0.15, -0.1) is 0 Å². The molecule has 1 heterocycles. The van der Waals surface area contributed by atoms with Crippen LogP contribution in [0.25, 0.3) is 0 Å². The molecule has 0 saturated heterocycles. The third-order valence-electron chi connectivity index (χ3n) is 2.67. The summed E-state index contributed by atoms with van der Waals surface area (Å²) < 4.78 is 0. The van der Waals surface area contributed by atoms with E-state index in [0.717, 1.165) is 18.8 Å². The first-order valence-corrected chi connectivity index (χ1v) is 6.08. The highest BCUT2D eigenvalue weighted by atomic mass is 35.5. The van der Waals surface area contributed by atoms with Crippen LogP contribution in [0.3, 0.4) is 0 Å². The maximum Gasteiger partial charge on any atom is 0.129 e. The molecule has 3 heteroatoms. The summed E-state index contributed by atoms with van der Waals surface area (Å²) in [5.74, 6) is 0. The Morgan fingerprint density at radius 3 is 2.47 bits per heavy atom. The topological polar surface area (TPSA) is 16.1 Å². The van der Waals surface area contributed by atoms with Crippen molar-refractivity contribution in [1.82, 2.24) is 4.98 Å². The van der Waals surface area contributed by atoms with Crippen molar-refractivity contribution >= 4 is 17.3 Å². The summed E-state index contributed by atoms with van der Waals surface area (Å²) in [6.45, 7) is 3.97. The quantitative estimate of drug-likeness (QED) is 0.764. The first-order valence-electron chi connectivity index (χ1n) is 5.70. The molecule has 88 valence electrons. The minimum Gasteiger partial charge on any atom is -0.366 e. The van der Waals surface area contributed by atoms with Gasteiger partial charge in [-0.25, -0.2) is 4.98 Å². The van der Waals surface area contributed by atoms with E-state index in [1.807, 2.05) is 24.4 Å². The molecule has 0 amide bonds. The van der Waals surface area contributed by atoms with Crippen molar-refractivity contribution in [2.24, 2.45) is 0 Å². The second-order valence-corrected chi connectivity index (χ2v) is 4.23. The third kappa shape index (κ3) is 3.21. The SMILES string of the molecule is CCN(Cc1ccccc1)c1ccc(Cl)nc1. The Balaban J connectivity index is 2.14. The van der Waals surface area contributed by atoms with Crippen LogP contribution in [0.5, 0.6) is 0 Å². The lowest BCUT2D eigenvalue weighted by molar-refractivity contribution is 0.829. The largest absolute Gasteiger partial charge is 0.366 e. The fourth-order valence-corrected chi connectivity index (χ4v) is 1.86. The summed E-state index contributed by atoms with van der Waals surface area (Å²) in [6, 6.07) is 14.2. The van der Waals surface area contributed by atoms with Crippen LogP contribution in [0, 0.1) is 0 Å². The van der Waals surface area contributed by atoms with Gasteiger partial charge in [-0.05, 0) is 24.6 Å². The van der Waals surface area contributed by atoms with Crippen LogP contribution < -0.4 is 4.90 Å². The number of nitrogens with zero attached hydrogens (tertiary/aromatic N) is 2. The fraction of sp³-hybridized carbons (Fsp3) is 0.214. The number of rotatable bonds is 4. The smallest absolute Gasteiger partial charge is 0.129 e. The van der Waals surface area contributed by atoms with Gasteiger partial charge >= 0.3 is 0 Å². The molecule has 2 nitrogen and oxygen atoms in total. The van der Waals surface area contributed by atoms with Crippen molar-refractivity contribution in [3.63, 3.8) is 0 Å². The Morgan fingerprint density at radius 2 is 1.88 bits per heavy atom. The number of hydrogen-bond donors (Lipinski definition) is 0. The normalized spacial score (nSPS) is 10.2. The van der Waals surface area contributed by atoms with Crippen molar-refractivity contribution in [1.29, 1.82) is 0 Å². The highest BCUT2D eigenvalue weighted by Gasteiger charge is 2.05. The second-order valence-electron chi connectivity index (χ2n) is 3.84. The van der Waals surface area contributed by atoms with Crippen molar-refractivity contribution in [2.45, 2.75) is 13.5 Å². The molecule has 0 aliphatic heterocycles. The standard InChI is InChI=1S/C14H15ClN2/c1-2-17(11-12-6-4-3-5-7-12)13-8-9-14(15)16-10-13/h3-10H,2,11H2,1H3. The lowest BCUT2D eigenvalue weighted by atomic mass is 10.2. The van der Waals surface area contributed by atoms with Crippen molar-refractivity contribution in [3.8, 4) is 0 Å². The molecule has 2 rings (SSSR count). The van der Waals surface area contributed by atoms with E-state index in [-0.39, 0.29) is 0 Å². The van der Waals surface area contributed by atoms with Crippen molar-refractivity contribution in [2.75, 3.05) is 11.4 Å². The monoisotopic (exact) mass is 246 g/mol. The Morgan fingerprint density at radius 1 is 1.12 bits per heavy atom. The zero-order valence-electron chi connectivity index (χ0n) is 9.81. The van der Waals surface area contributed by atoms with E-state index in [2.05, 4.69) is 41.1 Å². The minimum absolute atomic E-state index is 0.532. The molecule has 0 unspecified atom stereocenters. The molecule has 0 spiro atoms. The number of pyridine rings is 1. The van der Waals surface area contributed by atoms with Gasteiger partial charge in [0, 0.05) is 13.1 Å². The second kappa shape index (κ2) is 5.69. The molecule has 0 atom stereocenters. The maximum absolute atomic E-state index is 5.79. The fourth-order valence-electron chi connectivity index (χ4n) is 1.74. The number of halogens is 1. The molecule has 0 aliphatic carbocycles. The van der Waals surface area contributed by atoms with E-state index in [1.165, 1.54) is 5.56 Å². The van der Waals surface area contributed by atoms with Crippen LogP contribution in [0.1, 0.15) is 12.5 Å². The zero-order chi connectivity index (χ0) is 12.1. The Hall–Kier alpha value is -1.54. The van der Waals surface area contributed by atoms with Gasteiger partial charge in [0.1, 0.15) is 5.15 Å².